The van der Waals surface area contributed by atoms with Crippen molar-refractivity contribution in [1.29, 1.82) is 0 Å². The van der Waals surface area contributed by atoms with Gasteiger partial charge in [0.25, 0.3) is 0 Å². The van der Waals surface area contributed by atoms with E-state index < -0.39 is 10.0 Å². The van der Waals surface area contributed by atoms with Gasteiger partial charge in [0, 0.05) is 6.04 Å². The maximum absolute atomic E-state index is 12.2. The third kappa shape index (κ3) is 3.00. The molecule has 0 spiro atoms. The molecule has 0 bridgehead atoms. The van der Waals surface area contributed by atoms with Crippen LogP contribution in [-0.4, -0.2) is 14.5 Å². The number of rotatable bonds is 3. The van der Waals surface area contributed by atoms with E-state index >= 15 is 0 Å². The molecule has 2 unspecified atom stereocenters. The summed E-state index contributed by atoms with van der Waals surface area (Å²) in [5.41, 5.74) is 1.06. The molecule has 3 nitrogen and oxygen atoms in total. The summed E-state index contributed by atoms with van der Waals surface area (Å²) in [6, 6.07) is 6.95. The van der Waals surface area contributed by atoms with Gasteiger partial charge in [-0.15, -0.1) is 0 Å². The molecular weight excluding hydrogens is 246 g/mol. The van der Waals surface area contributed by atoms with Gasteiger partial charge in [0.15, 0.2) is 0 Å². The molecule has 0 saturated heterocycles. The van der Waals surface area contributed by atoms with Gasteiger partial charge in [-0.25, -0.2) is 13.1 Å². The van der Waals surface area contributed by atoms with Crippen LogP contribution in [0.2, 0.25) is 0 Å². The molecule has 0 saturated carbocycles. The molecule has 98 valence electrons. The van der Waals surface area contributed by atoms with Crippen LogP contribution in [0.15, 0.2) is 41.3 Å². The van der Waals surface area contributed by atoms with Gasteiger partial charge in [0.1, 0.15) is 0 Å². The summed E-state index contributed by atoms with van der Waals surface area (Å²) in [6.07, 6.45) is 5.99. The number of benzene rings is 1. The monoisotopic (exact) mass is 265 g/mol. The van der Waals surface area contributed by atoms with Gasteiger partial charge in [0.05, 0.1) is 4.90 Å². The average Bonchev–Trinajstić information content (AvgIpc) is 2.32. The molecule has 2 rings (SSSR count). The minimum absolute atomic E-state index is 0.00121. The van der Waals surface area contributed by atoms with E-state index in [0.29, 0.717) is 4.90 Å². The predicted molar refractivity (Wildman–Crippen MR) is 72.8 cm³/mol. The van der Waals surface area contributed by atoms with Gasteiger partial charge in [-0.1, -0.05) is 36.8 Å². The second-order valence-electron chi connectivity index (χ2n) is 4.91. The number of sulfonamides is 1. The summed E-state index contributed by atoms with van der Waals surface area (Å²) < 4.78 is 27.2. The van der Waals surface area contributed by atoms with Gasteiger partial charge < -0.3 is 0 Å². The molecule has 1 N–H and O–H groups in total. The van der Waals surface area contributed by atoms with Crippen LogP contribution in [0.25, 0.3) is 0 Å². The lowest BCUT2D eigenvalue weighted by molar-refractivity contribution is 0.442. The van der Waals surface area contributed by atoms with Crippen LogP contribution in [-0.2, 0) is 10.0 Å². The molecular formula is C14H19NO2S. The van der Waals surface area contributed by atoms with Crippen molar-refractivity contribution in [3.8, 4) is 0 Å². The molecule has 0 amide bonds. The highest BCUT2D eigenvalue weighted by molar-refractivity contribution is 7.89. The van der Waals surface area contributed by atoms with Crippen molar-refractivity contribution in [3.63, 3.8) is 0 Å². The topological polar surface area (TPSA) is 46.2 Å². The first-order valence-electron chi connectivity index (χ1n) is 6.25. The van der Waals surface area contributed by atoms with Gasteiger partial charge >= 0.3 is 0 Å². The van der Waals surface area contributed by atoms with Crippen LogP contribution < -0.4 is 4.72 Å². The Bertz CT molecular complexity index is 531. The Morgan fingerprint density at radius 3 is 2.50 bits per heavy atom. The standard InChI is InChI=1S/C14H19NO2S/c1-11-7-9-13(10-8-11)18(16,17)15-14-6-4-3-5-12(14)2/h3,5,7-10,12,14-15H,4,6H2,1-2H3. The molecule has 0 heterocycles. The van der Waals surface area contributed by atoms with E-state index in [4.69, 9.17) is 0 Å². The van der Waals surface area contributed by atoms with Crippen LogP contribution in [0.3, 0.4) is 0 Å². The van der Waals surface area contributed by atoms with Crippen LogP contribution >= 0.6 is 0 Å². The average molecular weight is 265 g/mol. The summed E-state index contributed by atoms with van der Waals surface area (Å²) >= 11 is 0. The second-order valence-corrected chi connectivity index (χ2v) is 6.62. The second kappa shape index (κ2) is 5.24. The van der Waals surface area contributed by atoms with Crippen LogP contribution in [0.5, 0.6) is 0 Å². The first-order chi connectivity index (χ1) is 8.49. The normalized spacial score (nSPS) is 24.1. The highest BCUT2D eigenvalue weighted by Gasteiger charge is 2.24. The van der Waals surface area contributed by atoms with E-state index in [1.54, 1.807) is 12.1 Å². The molecule has 18 heavy (non-hydrogen) atoms. The Morgan fingerprint density at radius 2 is 1.89 bits per heavy atom. The summed E-state index contributed by atoms with van der Waals surface area (Å²) in [7, 11) is -3.39. The first-order valence-corrected chi connectivity index (χ1v) is 7.73. The quantitative estimate of drug-likeness (QED) is 0.854. The zero-order valence-electron chi connectivity index (χ0n) is 10.8. The lowest BCUT2D eigenvalue weighted by atomic mass is 9.93. The van der Waals surface area contributed by atoms with Crippen molar-refractivity contribution in [2.45, 2.75) is 37.6 Å². The smallest absolute Gasteiger partial charge is 0.207 e. The Hall–Kier alpha value is -1.13. The molecule has 2 atom stereocenters. The molecule has 0 aliphatic heterocycles. The Morgan fingerprint density at radius 1 is 1.22 bits per heavy atom. The molecule has 0 fully saturated rings. The van der Waals surface area contributed by atoms with E-state index in [2.05, 4.69) is 16.9 Å². The largest absolute Gasteiger partial charge is 0.240 e. The fraction of sp³-hybridized carbons (Fsp3) is 0.429. The minimum atomic E-state index is -3.39. The number of hydrogen-bond acceptors (Lipinski definition) is 2. The molecule has 4 heteroatoms. The van der Waals surface area contributed by atoms with Crippen LogP contribution in [0, 0.1) is 12.8 Å². The molecule has 1 aromatic carbocycles. The highest BCUT2D eigenvalue weighted by Crippen LogP contribution is 2.20. The van der Waals surface area contributed by atoms with E-state index in [1.807, 2.05) is 26.0 Å². The van der Waals surface area contributed by atoms with Crippen molar-refractivity contribution in [2.24, 2.45) is 5.92 Å². The fourth-order valence-electron chi connectivity index (χ4n) is 2.13. The van der Waals surface area contributed by atoms with Crippen molar-refractivity contribution in [3.05, 3.63) is 42.0 Å². The number of aryl methyl sites for hydroxylation is 1. The van der Waals surface area contributed by atoms with Crippen molar-refractivity contribution >= 4 is 10.0 Å². The van der Waals surface area contributed by atoms with Gasteiger partial charge in [-0.3, -0.25) is 0 Å². The third-order valence-corrected chi connectivity index (χ3v) is 4.86. The minimum Gasteiger partial charge on any atom is -0.207 e. The van der Waals surface area contributed by atoms with Crippen molar-refractivity contribution < 1.29 is 8.42 Å². The number of nitrogens with one attached hydrogen (secondary N) is 1. The van der Waals surface area contributed by atoms with E-state index in [-0.39, 0.29) is 12.0 Å². The fourth-order valence-corrected chi connectivity index (χ4v) is 3.50. The van der Waals surface area contributed by atoms with Gasteiger partial charge in [0.2, 0.25) is 10.0 Å². The van der Waals surface area contributed by atoms with Crippen LogP contribution in [0.4, 0.5) is 0 Å². The Balaban J connectivity index is 2.17. The maximum atomic E-state index is 12.2. The molecule has 0 radical (unpaired) electrons. The summed E-state index contributed by atoms with van der Waals surface area (Å²) in [5, 5.41) is 0. The molecule has 1 aliphatic rings. The van der Waals surface area contributed by atoms with Gasteiger partial charge in [-0.05, 0) is 37.8 Å². The maximum Gasteiger partial charge on any atom is 0.240 e. The Labute approximate surface area is 109 Å². The summed E-state index contributed by atoms with van der Waals surface area (Å²) in [5.74, 6) is 0.249. The predicted octanol–water partition coefficient (Wildman–Crippen LogP) is 2.63. The summed E-state index contributed by atoms with van der Waals surface area (Å²) in [4.78, 5) is 0.342. The number of hydrogen-bond donors (Lipinski definition) is 1. The van der Waals surface area contributed by atoms with E-state index in [1.165, 1.54) is 0 Å². The zero-order valence-corrected chi connectivity index (χ0v) is 11.6. The molecule has 0 aromatic heterocycles. The van der Waals surface area contributed by atoms with Crippen LogP contribution in [0.1, 0.15) is 25.3 Å². The Kier molecular flexibility index (Phi) is 3.88. The SMILES string of the molecule is Cc1ccc(S(=O)(=O)NC2CCC=CC2C)cc1. The third-order valence-electron chi connectivity index (χ3n) is 3.36. The lowest BCUT2D eigenvalue weighted by Gasteiger charge is -2.25. The zero-order chi connectivity index (χ0) is 13.2. The van der Waals surface area contributed by atoms with Crippen molar-refractivity contribution in [1.82, 2.24) is 4.72 Å². The summed E-state index contributed by atoms with van der Waals surface area (Å²) in [6.45, 7) is 3.98. The van der Waals surface area contributed by atoms with E-state index in [9.17, 15) is 8.42 Å². The molecule has 1 aromatic rings. The molecule has 1 aliphatic carbocycles. The van der Waals surface area contributed by atoms with E-state index in [0.717, 1.165) is 18.4 Å². The highest BCUT2D eigenvalue weighted by atomic mass is 32.2. The lowest BCUT2D eigenvalue weighted by Crippen LogP contribution is -2.39. The first kappa shape index (κ1) is 13.3. The van der Waals surface area contributed by atoms with Crippen molar-refractivity contribution in [2.75, 3.05) is 0 Å². The number of allylic oxidation sites excluding steroid dienone is 1. The van der Waals surface area contributed by atoms with Gasteiger partial charge in [-0.2, -0.15) is 0 Å².